The Balaban J connectivity index is 1.64. The number of benzene rings is 2. The van der Waals surface area contributed by atoms with E-state index in [1.807, 2.05) is 56.3 Å². The lowest BCUT2D eigenvalue weighted by Crippen LogP contribution is -2.34. The van der Waals surface area contributed by atoms with E-state index in [1.54, 1.807) is 19.1 Å². The number of amides is 2. The SMILES string of the molecule is COc1ccc(OC)c(C(C)NC(=O)C2CC(=O)N(Cc3ccc(C)cc3)C2)c1. The Morgan fingerprint density at radius 2 is 1.90 bits per heavy atom. The molecule has 1 fully saturated rings. The van der Waals surface area contributed by atoms with E-state index in [0.717, 1.165) is 11.1 Å². The summed E-state index contributed by atoms with van der Waals surface area (Å²) < 4.78 is 10.7. The van der Waals surface area contributed by atoms with E-state index in [4.69, 9.17) is 9.47 Å². The minimum Gasteiger partial charge on any atom is -0.497 e. The van der Waals surface area contributed by atoms with Crippen LogP contribution in [0.3, 0.4) is 0 Å². The van der Waals surface area contributed by atoms with Crippen molar-refractivity contribution < 1.29 is 19.1 Å². The van der Waals surface area contributed by atoms with Gasteiger partial charge in [-0.1, -0.05) is 29.8 Å². The Bertz CT molecular complexity index is 879. The zero-order valence-corrected chi connectivity index (χ0v) is 17.4. The molecular weight excluding hydrogens is 368 g/mol. The molecule has 6 heteroatoms. The van der Waals surface area contributed by atoms with Gasteiger partial charge in [0.1, 0.15) is 11.5 Å². The Hall–Kier alpha value is -3.02. The molecular formula is C23H28N2O4. The summed E-state index contributed by atoms with van der Waals surface area (Å²) >= 11 is 0. The van der Waals surface area contributed by atoms with E-state index in [1.165, 1.54) is 5.56 Å². The fourth-order valence-electron chi connectivity index (χ4n) is 3.60. The smallest absolute Gasteiger partial charge is 0.225 e. The van der Waals surface area contributed by atoms with Crippen LogP contribution >= 0.6 is 0 Å². The zero-order valence-electron chi connectivity index (χ0n) is 17.4. The van der Waals surface area contributed by atoms with Crippen LogP contribution in [0.4, 0.5) is 0 Å². The lowest BCUT2D eigenvalue weighted by atomic mass is 10.0. The van der Waals surface area contributed by atoms with Crippen LogP contribution in [0.2, 0.25) is 0 Å². The van der Waals surface area contributed by atoms with E-state index in [2.05, 4.69) is 5.32 Å². The van der Waals surface area contributed by atoms with Gasteiger partial charge in [-0.25, -0.2) is 0 Å². The number of carbonyl (C=O) groups is 2. The molecule has 1 aliphatic heterocycles. The number of likely N-dealkylation sites (tertiary alicyclic amines) is 1. The first-order valence-corrected chi connectivity index (χ1v) is 9.77. The van der Waals surface area contributed by atoms with Gasteiger partial charge in [-0.05, 0) is 37.6 Å². The molecule has 6 nitrogen and oxygen atoms in total. The van der Waals surface area contributed by atoms with E-state index in [0.29, 0.717) is 24.6 Å². The van der Waals surface area contributed by atoms with Gasteiger partial charge in [0.15, 0.2) is 0 Å². The number of nitrogens with one attached hydrogen (secondary N) is 1. The van der Waals surface area contributed by atoms with Crippen molar-refractivity contribution in [2.75, 3.05) is 20.8 Å². The standard InChI is InChI=1S/C23H28N2O4/c1-15-5-7-17(8-6-15)13-25-14-18(11-22(25)26)23(27)24-16(2)20-12-19(28-3)9-10-21(20)29-4/h5-10,12,16,18H,11,13-14H2,1-4H3,(H,24,27). The first-order chi connectivity index (χ1) is 13.9. The minimum absolute atomic E-state index is 0.0114. The van der Waals surface area contributed by atoms with Gasteiger partial charge in [-0.15, -0.1) is 0 Å². The summed E-state index contributed by atoms with van der Waals surface area (Å²) in [6.45, 7) is 4.89. The van der Waals surface area contributed by atoms with Crippen molar-refractivity contribution in [2.45, 2.75) is 32.9 Å². The highest BCUT2D eigenvalue weighted by Crippen LogP contribution is 2.30. The Labute approximate surface area is 171 Å². The van der Waals surface area contributed by atoms with Crippen LogP contribution in [0.25, 0.3) is 0 Å². The molecule has 0 spiro atoms. The highest BCUT2D eigenvalue weighted by Gasteiger charge is 2.35. The van der Waals surface area contributed by atoms with Crippen LogP contribution in [0.1, 0.15) is 36.1 Å². The molecule has 2 amide bonds. The van der Waals surface area contributed by atoms with Crippen LogP contribution < -0.4 is 14.8 Å². The molecule has 0 bridgehead atoms. The van der Waals surface area contributed by atoms with Crippen molar-refractivity contribution in [2.24, 2.45) is 5.92 Å². The molecule has 0 aromatic heterocycles. The molecule has 0 radical (unpaired) electrons. The number of nitrogens with zero attached hydrogens (tertiary/aromatic N) is 1. The minimum atomic E-state index is -0.355. The summed E-state index contributed by atoms with van der Waals surface area (Å²) in [5, 5.41) is 3.02. The van der Waals surface area contributed by atoms with Crippen LogP contribution in [0.5, 0.6) is 11.5 Å². The Kier molecular flexibility index (Phi) is 6.42. The maximum atomic E-state index is 12.8. The zero-order chi connectivity index (χ0) is 21.0. The second-order valence-corrected chi connectivity index (χ2v) is 7.50. The van der Waals surface area contributed by atoms with Crippen molar-refractivity contribution in [3.63, 3.8) is 0 Å². The molecule has 29 heavy (non-hydrogen) atoms. The van der Waals surface area contributed by atoms with Gasteiger partial charge in [0.2, 0.25) is 11.8 Å². The number of ether oxygens (including phenoxy) is 2. The van der Waals surface area contributed by atoms with Gasteiger partial charge in [-0.2, -0.15) is 0 Å². The van der Waals surface area contributed by atoms with Crippen LogP contribution in [0.15, 0.2) is 42.5 Å². The summed E-state index contributed by atoms with van der Waals surface area (Å²) in [5.41, 5.74) is 3.08. The second kappa shape index (κ2) is 8.99. The van der Waals surface area contributed by atoms with Gasteiger partial charge in [0.05, 0.1) is 26.2 Å². The first-order valence-electron chi connectivity index (χ1n) is 9.77. The van der Waals surface area contributed by atoms with Gasteiger partial charge in [0.25, 0.3) is 0 Å². The summed E-state index contributed by atoms with van der Waals surface area (Å²) in [4.78, 5) is 27.0. The lowest BCUT2D eigenvalue weighted by molar-refractivity contribution is -0.129. The van der Waals surface area contributed by atoms with Crippen LogP contribution in [0, 0.1) is 12.8 Å². The number of hydrogen-bond acceptors (Lipinski definition) is 4. The molecule has 1 aliphatic rings. The topological polar surface area (TPSA) is 67.9 Å². The molecule has 2 atom stereocenters. The van der Waals surface area contributed by atoms with Crippen molar-refractivity contribution in [3.05, 3.63) is 59.2 Å². The highest BCUT2D eigenvalue weighted by molar-refractivity contribution is 5.89. The monoisotopic (exact) mass is 396 g/mol. The molecule has 3 rings (SSSR count). The summed E-state index contributed by atoms with van der Waals surface area (Å²) in [6, 6.07) is 13.3. The molecule has 0 aliphatic carbocycles. The molecule has 154 valence electrons. The second-order valence-electron chi connectivity index (χ2n) is 7.50. The number of carbonyl (C=O) groups excluding carboxylic acids is 2. The van der Waals surface area contributed by atoms with Gasteiger partial charge in [-0.3, -0.25) is 9.59 Å². The van der Waals surface area contributed by atoms with Crippen molar-refractivity contribution in [1.29, 1.82) is 0 Å². The molecule has 0 saturated carbocycles. The normalized spacial score (nSPS) is 17.2. The highest BCUT2D eigenvalue weighted by atomic mass is 16.5. The van der Waals surface area contributed by atoms with E-state index in [9.17, 15) is 9.59 Å². The van der Waals surface area contributed by atoms with E-state index >= 15 is 0 Å². The van der Waals surface area contributed by atoms with Crippen molar-refractivity contribution in [1.82, 2.24) is 10.2 Å². The van der Waals surface area contributed by atoms with E-state index in [-0.39, 0.29) is 30.2 Å². The predicted molar refractivity (Wildman–Crippen MR) is 111 cm³/mol. The van der Waals surface area contributed by atoms with Gasteiger partial charge in [0, 0.05) is 25.1 Å². The molecule has 2 aromatic carbocycles. The average Bonchev–Trinajstić information content (AvgIpc) is 3.09. The number of methoxy groups -OCH3 is 2. The number of hydrogen-bond donors (Lipinski definition) is 1. The third-order valence-corrected chi connectivity index (χ3v) is 5.34. The average molecular weight is 396 g/mol. The van der Waals surface area contributed by atoms with Crippen LogP contribution in [-0.4, -0.2) is 37.5 Å². The molecule has 1 saturated heterocycles. The number of rotatable bonds is 7. The summed E-state index contributed by atoms with van der Waals surface area (Å²) in [7, 11) is 3.19. The van der Waals surface area contributed by atoms with Crippen molar-refractivity contribution >= 4 is 11.8 Å². The molecule has 1 heterocycles. The quantitative estimate of drug-likeness (QED) is 0.780. The fraction of sp³-hybridized carbons (Fsp3) is 0.391. The first kappa shape index (κ1) is 20.7. The third-order valence-electron chi connectivity index (χ3n) is 5.34. The van der Waals surface area contributed by atoms with Gasteiger partial charge < -0.3 is 19.7 Å². The Morgan fingerprint density at radius 1 is 1.17 bits per heavy atom. The molecule has 1 N–H and O–H groups in total. The maximum absolute atomic E-state index is 12.8. The number of aryl methyl sites for hydroxylation is 1. The lowest BCUT2D eigenvalue weighted by Gasteiger charge is -2.20. The van der Waals surface area contributed by atoms with Crippen molar-refractivity contribution in [3.8, 4) is 11.5 Å². The van der Waals surface area contributed by atoms with Gasteiger partial charge >= 0.3 is 0 Å². The van der Waals surface area contributed by atoms with Crippen LogP contribution in [-0.2, 0) is 16.1 Å². The largest absolute Gasteiger partial charge is 0.497 e. The summed E-state index contributed by atoms with van der Waals surface area (Å²) in [5.74, 6) is 0.913. The van der Waals surface area contributed by atoms with E-state index < -0.39 is 0 Å². The third kappa shape index (κ3) is 4.88. The Morgan fingerprint density at radius 3 is 2.55 bits per heavy atom. The molecule has 2 unspecified atom stereocenters. The molecule has 2 aromatic rings. The fourth-order valence-corrected chi connectivity index (χ4v) is 3.60. The maximum Gasteiger partial charge on any atom is 0.225 e. The predicted octanol–water partition coefficient (Wildman–Crippen LogP) is 3.24. The summed E-state index contributed by atoms with van der Waals surface area (Å²) in [6.07, 6.45) is 0.236.